The van der Waals surface area contributed by atoms with Crippen LogP contribution >= 0.6 is 0 Å². The Kier molecular flexibility index (Phi) is 5.16. The lowest BCUT2D eigenvalue weighted by Gasteiger charge is -2.12. The van der Waals surface area contributed by atoms with Gasteiger partial charge in [-0.15, -0.1) is 0 Å². The first kappa shape index (κ1) is 12.0. The largest absolute Gasteiger partial charge is 0.472 e. The van der Waals surface area contributed by atoms with Crippen LogP contribution in [0.25, 0.3) is 0 Å². The molecule has 0 bridgehead atoms. The first-order chi connectivity index (χ1) is 7.27. The van der Waals surface area contributed by atoms with Crippen molar-refractivity contribution >= 4 is 5.78 Å². The van der Waals surface area contributed by atoms with Crippen molar-refractivity contribution in [2.45, 2.75) is 46.0 Å². The molecule has 0 N–H and O–H groups in total. The van der Waals surface area contributed by atoms with Gasteiger partial charge in [-0.05, 0) is 24.5 Å². The zero-order valence-corrected chi connectivity index (χ0v) is 9.66. The van der Waals surface area contributed by atoms with Crippen molar-refractivity contribution in [3.8, 4) is 0 Å². The van der Waals surface area contributed by atoms with Gasteiger partial charge in [0.05, 0.1) is 12.5 Å². The minimum Gasteiger partial charge on any atom is -0.472 e. The second-order valence-corrected chi connectivity index (χ2v) is 4.02. The van der Waals surface area contributed by atoms with Crippen molar-refractivity contribution in [1.29, 1.82) is 0 Å². The Balaban J connectivity index is 2.43. The standard InChI is InChI=1S/C13H20O2/c1-3-5-6-12(4-2)13(14)9-11-7-8-15-10-11/h7-8,10,12H,3-6,9H2,1-2H3. The lowest BCUT2D eigenvalue weighted by Crippen LogP contribution is -2.15. The van der Waals surface area contributed by atoms with Crippen molar-refractivity contribution in [1.82, 2.24) is 0 Å². The van der Waals surface area contributed by atoms with E-state index in [4.69, 9.17) is 4.42 Å². The van der Waals surface area contributed by atoms with Gasteiger partial charge in [0.2, 0.25) is 0 Å². The van der Waals surface area contributed by atoms with Crippen molar-refractivity contribution in [3.63, 3.8) is 0 Å². The summed E-state index contributed by atoms with van der Waals surface area (Å²) >= 11 is 0. The van der Waals surface area contributed by atoms with Crippen LogP contribution in [-0.4, -0.2) is 5.78 Å². The van der Waals surface area contributed by atoms with Crippen LogP contribution in [-0.2, 0) is 11.2 Å². The Morgan fingerprint density at radius 2 is 2.27 bits per heavy atom. The van der Waals surface area contributed by atoms with Crippen molar-refractivity contribution in [2.24, 2.45) is 5.92 Å². The predicted octanol–water partition coefficient (Wildman–Crippen LogP) is 3.61. The monoisotopic (exact) mass is 208 g/mol. The predicted molar refractivity (Wildman–Crippen MR) is 60.7 cm³/mol. The Hall–Kier alpha value is -1.05. The molecule has 1 aromatic rings. The molecule has 0 radical (unpaired) electrons. The number of carbonyl (C=O) groups excluding carboxylic acids is 1. The van der Waals surface area contributed by atoms with E-state index in [2.05, 4.69) is 13.8 Å². The molecular weight excluding hydrogens is 188 g/mol. The summed E-state index contributed by atoms with van der Waals surface area (Å²) < 4.78 is 4.96. The topological polar surface area (TPSA) is 30.2 Å². The third-order valence-corrected chi connectivity index (χ3v) is 2.81. The van der Waals surface area contributed by atoms with Gasteiger partial charge in [-0.1, -0.05) is 26.7 Å². The van der Waals surface area contributed by atoms with Crippen molar-refractivity contribution < 1.29 is 9.21 Å². The highest BCUT2D eigenvalue weighted by Crippen LogP contribution is 2.16. The average Bonchev–Trinajstić information content (AvgIpc) is 2.71. The minimum atomic E-state index is 0.236. The Morgan fingerprint density at radius 1 is 1.47 bits per heavy atom. The summed E-state index contributed by atoms with van der Waals surface area (Å²) in [4.78, 5) is 11.9. The maximum atomic E-state index is 11.9. The Labute approximate surface area is 91.7 Å². The van der Waals surface area contributed by atoms with E-state index in [1.807, 2.05) is 6.07 Å². The summed E-state index contributed by atoms with van der Waals surface area (Å²) in [5.74, 6) is 0.590. The van der Waals surface area contributed by atoms with Crippen LogP contribution in [0.2, 0.25) is 0 Å². The molecule has 0 aliphatic heterocycles. The fourth-order valence-electron chi connectivity index (χ4n) is 1.78. The van der Waals surface area contributed by atoms with E-state index in [-0.39, 0.29) is 5.92 Å². The average molecular weight is 208 g/mol. The molecule has 0 aliphatic rings. The van der Waals surface area contributed by atoms with E-state index in [0.717, 1.165) is 31.2 Å². The third-order valence-electron chi connectivity index (χ3n) is 2.81. The van der Waals surface area contributed by atoms with E-state index in [9.17, 15) is 4.79 Å². The van der Waals surface area contributed by atoms with Crippen LogP contribution in [0.5, 0.6) is 0 Å². The van der Waals surface area contributed by atoms with Gasteiger partial charge in [0.1, 0.15) is 5.78 Å². The number of unbranched alkanes of at least 4 members (excludes halogenated alkanes) is 1. The van der Waals surface area contributed by atoms with Crippen LogP contribution < -0.4 is 0 Å². The molecule has 0 saturated carbocycles. The van der Waals surface area contributed by atoms with Crippen molar-refractivity contribution in [3.05, 3.63) is 24.2 Å². The quantitative estimate of drug-likeness (QED) is 0.685. The minimum absolute atomic E-state index is 0.236. The van der Waals surface area contributed by atoms with Crippen LogP contribution in [0.3, 0.4) is 0 Å². The lowest BCUT2D eigenvalue weighted by atomic mass is 9.92. The number of hydrogen-bond donors (Lipinski definition) is 0. The number of furan rings is 1. The van der Waals surface area contributed by atoms with E-state index in [1.165, 1.54) is 0 Å². The molecule has 1 atom stereocenters. The maximum absolute atomic E-state index is 11.9. The molecule has 84 valence electrons. The number of rotatable bonds is 7. The highest BCUT2D eigenvalue weighted by molar-refractivity contribution is 5.83. The molecule has 2 nitrogen and oxygen atoms in total. The summed E-state index contributed by atoms with van der Waals surface area (Å²) in [5.41, 5.74) is 0.995. The molecule has 0 fully saturated rings. The molecule has 2 heteroatoms. The first-order valence-electron chi connectivity index (χ1n) is 5.81. The molecular formula is C13H20O2. The van der Waals surface area contributed by atoms with Gasteiger partial charge in [-0.2, -0.15) is 0 Å². The SMILES string of the molecule is CCCCC(CC)C(=O)Cc1ccoc1. The highest BCUT2D eigenvalue weighted by atomic mass is 16.3. The first-order valence-corrected chi connectivity index (χ1v) is 5.81. The highest BCUT2D eigenvalue weighted by Gasteiger charge is 2.16. The second-order valence-electron chi connectivity index (χ2n) is 4.02. The molecule has 0 aromatic carbocycles. The Morgan fingerprint density at radius 3 is 2.80 bits per heavy atom. The maximum Gasteiger partial charge on any atom is 0.140 e. The Bertz CT molecular complexity index is 275. The van der Waals surface area contributed by atoms with Crippen LogP contribution in [0.1, 0.15) is 45.1 Å². The van der Waals surface area contributed by atoms with E-state index >= 15 is 0 Å². The molecule has 15 heavy (non-hydrogen) atoms. The third kappa shape index (κ3) is 3.90. The molecule has 0 saturated heterocycles. The molecule has 1 aromatic heterocycles. The summed E-state index contributed by atoms with van der Waals surface area (Å²) in [6.07, 6.45) is 8.10. The molecule has 0 aliphatic carbocycles. The van der Waals surface area contributed by atoms with E-state index < -0.39 is 0 Å². The summed E-state index contributed by atoms with van der Waals surface area (Å²) in [5, 5.41) is 0. The molecule has 0 spiro atoms. The normalized spacial score (nSPS) is 12.7. The number of hydrogen-bond acceptors (Lipinski definition) is 2. The van der Waals surface area contributed by atoms with E-state index in [0.29, 0.717) is 12.2 Å². The second kappa shape index (κ2) is 6.44. The van der Waals surface area contributed by atoms with Crippen LogP contribution in [0.4, 0.5) is 0 Å². The van der Waals surface area contributed by atoms with Crippen molar-refractivity contribution in [2.75, 3.05) is 0 Å². The molecule has 1 heterocycles. The van der Waals surface area contributed by atoms with Gasteiger partial charge in [0.25, 0.3) is 0 Å². The van der Waals surface area contributed by atoms with Gasteiger partial charge in [0, 0.05) is 12.3 Å². The molecule has 1 unspecified atom stereocenters. The number of ketones is 1. The zero-order valence-electron chi connectivity index (χ0n) is 9.66. The smallest absolute Gasteiger partial charge is 0.140 e. The summed E-state index contributed by atoms with van der Waals surface area (Å²) in [6, 6.07) is 1.87. The lowest BCUT2D eigenvalue weighted by molar-refractivity contribution is -0.122. The fourth-order valence-corrected chi connectivity index (χ4v) is 1.78. The summed E-state index contributed by atoms with van der Waals surface area (Å²) in [7, 11) is 0. The number of Topliss-reactive ketones (excluding diaryl/α,β-unsaturated/α-hetero) is 1. The van der Waals surface area contributed by atoms with Gasteiger partial charge < -0.3 is 4.42 Å². The van der Waals surface area contributed by atoms with Gasteiger partial charge in [-0.3, -0.25) is 4.79 Å². The fraction of sp³-hybridized carbons (Fsp3) is 0.615. The van der Waals surface area contributed by atoms with Gasteiger partial charge >= 0.3 is 0 Å². The number of carbonyl (C=O) groups is 1. The van der Waals surface area contributed by atoms with Crippen LogP contribution in [0.15, 0.2) is 23.0 Å². The summed E-state index contributed by atoms with van der Waals surface area (Å²) in [6.45, 7) is 4.25. The van der Waals surface area contributed by atoms with Crippen LogP contribution in [0, 0.1) is 5.92 Å². The van der Waals surface area contributed by atoms with E-state index in [1.54, 1.807) is 12.5 Å². The molecule has 1 rings (SSSR count). The van der Waals surface area contributed by atoms with Gasteiger partial charge in [0.15, 0.2) is 0 Å². The zero-order chi connectivity index (χ0) is 11.1. The molecule has 0 amide bonds. The van der Waals surface area contributed by atoms with Gasteiger partial charge in [-0.25, -0.2) is 0 Å².